The molecule has 0 unspecified atom stereocenters. The average molecular weight is 290 g/mol. The lowest BCUT2D eigenvalue weighted by atomic mass is 10.1. The Morgan fingerprint density at radius 3 is 2.71 bits per heavy atom. The van der Waals surface area contributed by atoms with Gasteiger partial charge in [0, 0.05) is 37.6 Å². The van der Waals surface area contributed by atoms with Crippen LogP contribution < -0.4 is 4.74 Å². The van der Waals surface area contributed by atoms with Crippen LogP contribution in [0.2, 0.25) is 0 Å². The Hall–Kier alpha value is -2.01. The summed E-state index contributed by atoms with van der Waals surface area (Å²) in [6, 6.07) is 7.76. The van der Waals surface area contributed by atoms with Gasteiger partial charge in [-0.3, -0.25) is 9.88 Å². The van der Waals surface area contributed by atoms with Crippen LogP contribution >= 0.6 is 0 Å². The SMILES string of the molecule is Cc1cc(OC2CN(Cc3ccc(F)c(F)c3)C2)ccn1. The second-order valence-corrected chi connectivity index (χ2v) is 5.32. The topological polar surface area (TPSA) is 25.4 Å². The van der Waals surface area contributed by atoms with Crippen LogP contribution in [-0.4, -0.2) is 29.1 Å². The van der Waals surface area contributed by atoms with Crippen LogP contribution in [0.1, 0.15) is 11.3 Å². The molecule has 1 fully saturated rings. The van der Waals surface area contributed by atoms with Crippen LogP contribution in [-0.2, 0) is 6.54 Å². The molecule has 1 aliphatic heterocycles. The summed E-state index contributed by atoms with van der Waals surface area (Å²) >= 11 is 0. The van der Waals surface area contributed by atoms with Gasteiger partial charge in [0.25, 0.3) is 0 Å². The van der Waals surface area contributed by atoms with E-state index in [9.17, 15) is 8.78 Å². The number of hydrogen-bond acceptors (Lipinski definition) is 3. The van der Waals surface area contributed by atoms with E-state index in [-0.39, 0.29) is 6.10 Å². The number of aryl methyl sites for hydroxylation is 1. The Labute approximate surface area is 122 Å². The molecule has 3 rings (SSSR count). The first-order chi connectivity index (χ1) is 10.1. The summed E-state index contributed by atoms with van der Waals surface area (Å²) < 4.78 is 31.8. The van der Waals surface area contributed by atoms with Crippen LogP contribution in [0.4, 0.5) is 8.78 Å². The summed E-state index contributed by atoms with van der Waals surface area (Å²) in [4.78, 5) is 6.25. The van der Waals surface area contributed by atoms with Gasteiger partial charge >= 0.3 is 0 Å². The zero-order chi connectivity index (χ0) is 14.8. The van der Waals surface area contributed by atoms with Crippen molar-refractivity contribution in [3.63, 3.8) is 0 Å². The first-order valence-electron chi connectivity index (χ1n) is 6.86. The number of likely N-dealkylation sites (tertiary alicyclic amines) is 1. The number of pyridine rings is 1. The van der Waals surface area contributed by atoms with Crippen molar-refractivity contribution in [2.75, 3.05) is 13.1 Å². The molecule has 5 heteroatoms. The molecule has 1 saturated heterocycles. The highest BCUT2D eigenvalue weighted by atomic mass is 19.2. The van der Waals surface area contributed by atoms with E-state index >= 15 is 0 Å². The highest BCUT2D eigenvalue weighted by Gasteiger charge is 2.28. The van der Waals surface area contributed by atoms with Gasteiger partial charge in [-0.1, -0.05) is 6.07 Å². The minimum atomic E-state index is -0.809. The molecule has 0 saturated carbocycles. The Balaban J connectivity index is 1.50. The van der Waals surface area contributed by atoms with Crippen molar-refractivity contribution in [2.24, 2.45) is 0 Å². The van der Waals surface area contributed by atoms with Crippen molar-refractivity contribution in [3.8, 4) is 5.75 Å². The zero-order valence-corrected chi connectivity index (χ0v) is 11.7. The van der Waals surface area contributed by atoms with Crippen molar-refractivity contribution < 1.29 is 13.5 Å². The third-order valence-corrected chi connectivity index (χ3v) is 3.48. The van der Waals surface area contributed by atoms with Crippen LogP contribution in [0.5, 0.6) is 5.75 Å². The maximum Gasteiger partial charge on any atom is 0.159 e. The van der Waals surface area contributed by atoms with Crippen molar-refractivity contribution >= 4 is 0 Å². The lowest BCUT2D eigenvalue weighted by Gasteiger charge is -2.39. The van der Waals surface area contributed by atoms with Crippen molar-refractivity contribution in [1.82, 2.24) is 9.88 Å². The van der Waals surface area contributed by atoms with E-state index < -0.39 is 11.6 Å². The molecule has 0 atom stereocenters. The van der Waals surface area contributed by atoms with Crippen LogP contribution in [0, 0.1) is 18.6 Å². The number of benzene rings is 1. The lowest BCUT2D eigenvalue weighted by Crippen LogP contribution is -2.53. The molecular weight excluding hydrogens is 274 g/mol. The Kier molecular flexibility index (Phi) is 3.84. The van der Waals surface area contributed by atoms with Crippen molar-refractivity contribution in [1.29, 1.82) is 0 Å². The first kappa shape index (κ1) is 13.9. The molecule has 110 valence electrons. The fraction of sp³-hybridized carbons (Fsp3) is 0.312. The van der Waals surface area contributed by atoms with Crippen molar-refractivity contribution in [3.05, 3.63) is 59.4 Å². The van der Waals surface area contributed by atoms with Crippen LogP contribution in [0.3, 0.4) is 0 Å². The fourth-order valence-electron chi connectivity index (χ4n) is 2.41. The van der Waals surface area contributed by atoms with E-state index in [2.05, 4.69) is 9.88 Å². The predicted molar refractivity (Wildman–Crippen MR) is 75.0 cm³/mol. The molecule has 21 heavy (non-hydrogen) atoms. The van der Waals surface area contributed by atoms with E-state index in [0.717, 1.165) is 36.2 Å². The summed E-state index contributed by atoms with van der Waals surface area (Å²) in [6.45, 7) is 4.08. The number of nitrogens with zero attached hydrogens (tertiary/aromatic N) is 2. The third kappa shape index (κ3) is 3.36. The smallest absolute Gasteiger partial charge is 0.159 e. The summed E-state index contributed by atoms with van der Waals surface area (Å²) in [6.07, 6.45) is 1.86. The first-order valence-corrected chi connectivity index (χ1v) is 6.86. The normalized spacial score (nSPS) is 15.8. The van der Waals surface area contributed by atoms with Gasteiger partial charge in [0.05, 0.1) is 0 Å². The van der Waals surface area contributed by atoms with Gasteiger partial charge in [0.1, 0.15) is 11.9 Å². The van der Waals surface area contributed by atoms with E-state index in [1.54, 1.807) is 12.3 Å². The Morgan fingerprint density at radius 2 is 2.00 bits per heavy atom. The zero-order valence-electron chi connectivity index (χ0n) is 11.7. The number of rotatable bonds is 4. The van der Waals surface area contributed by atoms with Gasteiger partial charge in [0.2, 0.25) is 0 Å². The largest absolute Gasteiger partial charge is 0.488 e. The minimum Gasteiger partial charge on any atom is -0.488 e. The van der Waals surface area contributed by atoms with Gasteiger partial charge in [-0.25, -0.2) is 8.78 Å². The van der Waals surface area contributed by atoms with Crippen molar-refractivity contribution in [2.45, 2.75) is 19.6 Å². The lowest BCUT2D eigenvalue weighted by molar-refractivity contribution is 0.0144. The maximum atomic E-state index is 13.1. The van der Waals surface area contributed by atoms with Gasteiger partial charge in [-0.2, -0.15) is 0 Å². The molecule has 0 bridgehead atoms. The number of hydrogen-bond donors (Lipinski definition) is 0. The molecule has 0 aliphatic carbocycles. The highest BCUT2D eigenvalue weighted by Crippen LogP contribution is 2.20. The fourth-order valence-corrected chi connectivity index (χ4v) is 2.41. The van der Waals surface area contributed by atoms with Gasteiger partial charge in [0.15, 0.2) is 11.6 Å². The Morgan fingerprint density at radius 1 is 1.19 bits per heavy atom. The molecule has 2 aromatic rings. The molecular formula is C16H16F2N2O. The van der Waals surface area contributed by atoms with E-state index in [1.165, 1.54) is 6.07 Å². The summed E-state index contributed by atoms with van der Waals surface area (Å²) in [5.41, 5.74) is 1.69. The molecule has 0 N–H and O–H groups in total. The van der Waals surface area contributed by atoms with E-state index in [0.29, 0.717) is 6.54 Å². The van der Waals surface area contributed by atoms with E-state index in [4.69, 9.17) is 4.74 Å². The molecule has 1 aromatic carbocycles. The summed E-state index contributed by atoms with van der Waals surface area (Å²) in [5.74, 6) is -0.787. The van der Waals surface area contributed by atoms with Gasteiger partial charge in [-0.05, 0) is 30.7 Å². The standard InChI is InChI=1S/C16H16F2N2O/c1-11-6-13(4-5-19-11)21-14-9-20(10-14)8-12-2-3-15(17)16(18)7-12/h2-7,14H,8-10H2,1H3. The summed E-state index contributed by atoms with van der Waals surface area (Å²) in [5, 5.41) is 0. The third-order valence-electron chi connectivity index (χ3n) is 3.48. The second kappa shape index (κ2) is 5.77. The second-order valence-electron chi connectivity index (χ2n) is 5.32. The number of aromatic nitrogens is 1. The number of halogens is 2. The average Bonchev–Trinajstić information content (AvgIpc) is 2.40. The molecule has 0 radical (unpaired) electrons. The predicted octanol–water partition coefficient (Wildman–Crippen LogP) is 2.93. The molecule has 1 aromatic heterocycles. The van der Waals surface area contributed by atoms with Gasteiger partial charge in [-0.15, -0.1) is 0 Å². The molecule has 2 heterocycles. The molecule has 3 nitrogen and oxygen atoms in total. The van der Waals surface area contributed by atoms with Crippen LogP contribution in [0.25, 0.3) is 0 Å². The highest BCUT2D eigenvalue weighted by molar-refractivity contribution is 5.23. The van der Waals surface area contributed by atoms with E-state index in [1.807, 2.05) is 19.1 Å². The van der Waals surface area contributed by atoms with Crippen LogP contribution in [0.15, 0.2) is 36.5 Å². The molecule has 1 aliphatic rings. The molecule has 0 amide bonds. The monoisotopic (exact) mass is 290 g/mol. The minimum absolute atomic E-state index is 0.136. The molecule has 0 spiro atoms. The Bertz CT molecular complexity index is 642. The number of ether oxygens (including phenoxy) is 1. The maximum absolute atomic E-state index is 13.1. The quantitative estimate of drug-likeness (QED) is 0.865. The van der Waals surface area contributed by atoms with Gasteiger partial charge < -0.3 is 4.74 Å². The summed E-state index contributed by atoms with van der Waals surface area (Å²) in [7, 11) is 0.